The summed E-state index contributed by atoms with van der Waals surface area (Å²) in [5.41, 5.74) is 5.44. The molecule has 0 spiro atoms. The van der Waals surface area contributed by atoms with Crippen molar-refractivity contribution >= 4 is 20.8 Å². The summed E-state index contributed by atoms with van der Waals surface area (Å²) >= 11 is 0. The second-order valence-electron chi connectivity index (χ2n) is 5.46. The quantitative estimate of drug-likeness (QED) is 0.698. The predicted molar refractivity (Wildman–Crippen MR) is 91.3 cm³/mol. The van der Waals surface area contributed by atoms with Crippen LogP contribution < -0.4 is 10.5 Å². The Morgan fingerprint density at radius 2 is 1.55 bits per heavy atom. The first kappa shape index (κ1) is 16.9. The normalized spacial score (nSPS) is 11.9. The monoisotopic (exact) mass is 320 g/mol. The standard InChI is InChI=1S/C17H24N2O2S/c18-12-6-2-1-3-7-13-19-22(20,21)17-11-10-15-8-4-5-9-16(15)14-17/h4-5,8-11,14,19H,1-3,6-7,12-13,18H2. The molecule has 0 saturated heterocycles. The van der Waals surface area contributed by atoms with Gasteiger partial charge in [0.05, 0.1) is 4.90 Å². The van der Waals surface area contributed by atoms with Crippen molar-refractivity contribution in [3.63, 3.8) is 0 Å². The number of nitrogens with one attached hydrogen (secondary N) is 1. The van der Waals surface area contributed by atoms with Crippen LogP contribution in [0.25, 0.3) is 10.8 Å². The topological polar surface area (TPSA) is 72.2 Å². The number of unbranched alkanes of at least 4 members (excludes halogenated alkanes) is 4. The molecule has 0 amide bonds. The molecule has 120 valence electrons. The van der Waals surface area contributed by atoms with E-state index < -0.39 is 10.0 Å². The number of fused-ring (bicyclic) bond motifs is 1. The lowest BCUT2D eigenvalue weighted by Gasteiger charge is -2.08. The molecule has 2 rings (SSSR count). The maximum Gasteiger partial charge on any atom is 0.240 e. The first-order valence-corrected chi connectivity index (χ1v) is 9.30. The van der Waals surface area contributed by atoms with Gasteiger partial charge in [-0.05, 0) is 42.3 Å². The zero-order valence-electron chi connectivity index (χ0n) is 12.8. The highest BCUT2D eigenvalue weighted by atomic mass is 32.2. The summed E-state index contributed by atoms with van der Waals surface area (Å²) < 4.78 is 27.2. The van der Waals surface area contributed by atoms with E-state index in [1.54, 1.807) is 12.1 Å². The second-order valence-corrected chi connectivity index (χ2v) is 7.23. The summed E-state index contributed by atoms with van der Waals surface area (Å²) in [6, 6.07) is 13.0. The van der Waals surface area contributed by atoms with Crippen LogP contribution in [0.5, 0.6) is 0 Å². The van der Waals surface area contributed by atoms with Crippen LogP contribution >= 0.6 is 0 Å². The lowest BCUT2D eigenvalue weighted by atomic mass is 10.1. The maximum absolute atomic E-state index is 12.3. The van der Waals surface area contributed by atoms with E-state index in [1.807, 2.05) is 30.3 Å². The van der Waals surface area contributed by atoms with Crippen LogP contribution in [0.1, 0.15) is 32.1 Å². The smallest absolute Gasteiger partial charge is 0.240 e. The van der Waals surface area contributed by atoms with Crippen molar-refractivity contribution in [2.75, 3.05) is 13.1 Å². The molecular formula is C17H24N2O2S. The Bertz CT molecular complexity index is 699. The van der Waals surface area contributed by atoms with Crippen molar-refractivity contribution < 1.29 is 8.42 Å². The molecule has 5 heteroatoms. The fraction of sp³-hybridized carbons (Fsp3) is 0.412. The van der Waals surface area contributed by atoms with E-state index in [4.69, 9.17) is 5.73 Å². The van der Waals surface area contributed by atoms with Crippen LogP contribution in [-0.4, -0.2) is 21.5 Å². The van der Waals surface area contributed by atoms with E-state index in [-0.39, 0.29) is 0 Å². The van der Waals surface area contributed by atoms with Gasteiger partial charge in [0.25, 0.3) is 0 Å². The van der Waals surface area contributed by atoms with Crippen LogP contribution in [0.2, 0.25) is 0 Å². The third-order valence-corrected chi connectivity index (χ3v) is 5.16. The van der Waals surface area contributed by atoms with Gasteiger partial charge in [0, 0.05) is 6.54 Å². The van der Waals surface area contributed by atoms with E-state index in [0.717, 1.165) is 49.4 Å². The molecule has 0 atom stereocenters. The van der Waals surface area contributed by atoms with Crippen molar-refractivity contribution in [1.82, 2.24) is 4.72 Å². The van der Waals surface area contributed by atoms with Crippen molar-refractivity contribution in [3.8, 4) is 0 Å². The molecule has 0 bridgehead atoms. The molecule has 0 heterocycles. The van der Waals surface area contributed by atoms with E-state index in [1.165, 1.54) is 0 Å². The Balaban J connectivity index is 1.89. The van der Waals surface area contributed by atoms with Crippen molar-refractivity contribution in [1.29, 1.82) is 0 Å². The highest BCUT2D eigenvalue weighted by Crippen LogP contribution is 2.18. The van der Waals surface area contributed by atoms with Crippen LogP contribution in [0.4, 0.5) is 0 Å². The van der Waals surface area contributed by atoms with Crippen molar-refractivity contribution in [3.05, 3.63) is 42.5 Å². The van der Waals surface area contributed by atoms with E-state index in [9.17, 15) is 8.42 Å². The van der Waals surface area contributed by atoms with Gasteiger partial charge in [0.15, 0.2) is 0 Å². The highest BCUT2D eigenvalue weighted by molar-refractivity contribution is 7.89. The summed E-state index contributed by atoms with van der Waals surface area (Å²) in [5, 5.41) is 1.98. The molecule has 0 unspecified atom stereocenters. The highest BCUT2D eigenvalue weighted by Gasteiger charge is 2.13. The van der Waals surface area contributed by atoms with Gasteiger partial charge >= 0.3 is 0 Å². The van der Waals surface area contributed by atoms with Crippen LogP contribution in [0.15, 0.2) is 47.4 Å². The minimum atomic E-state index is -3.42. The average Bonchev–Trinajstić information content (AvgIpc) is 2.53. The number of rotatable bonds is 9. The summed E-state index contributed by atoms with van der Waals surface area (Å²) in [6.45, 7) is 1.21. The Kier molecular flexibility index (Phi) is 6.36. The Morgan fingerprint density at radius 1 is 0.864 bits per heavy atom. The third-order valence-electron chi connectivity index (χ3n) is 3.70. The zero-order valence-corrected chi connectivity index (χ0v) is 13.6. The van der Waals surface area contributed by atoms with Gasteiger partial charge in [-0.15, -0.1) is 0 Å². The lowest BCUT2D eigenvalue weighted by Crippen LogP contribution is -2.24. The Hall–Kier alpha value is -1.43. The number of sulfonamides is 1. The molecule has 0 fully saturated rings. The Morgan fingerprint density at radius 3 is 2.32 bits per heavy atom. The van der Waals surface area contributed by atoms with E-state index in [0.29, 0.717) is 11.4 Å². The number of hydrogen-bond donors (Lipinski definition) is 2. The first-order valence-electron chi connectivity index (χ1n) is 7.82. The van der Waals surface area contributed by atoms with E-state index in [2.05, 4.69) is 4.72 Å². The van der Waals surface area contributed by atoms with Gasteiger partial charge in [0.1, 0.15) is 0 Å². The fourth-order valence-corrected chi connectivity index (χ4v) is 3.53. The Labute approximate surface area is 132 Å². The minimum Gasteiger partial charge on any atom is -0.330 e. The second kappa shape index (κ2) is 8.27. The van der Waals surface area contributed by atoms with Gasteiger partial charge in [-0.1, -0.05) is 49.6 Å². The molecule has 0 aromatic heterocycles. The first-order chi connectivity index (χ1) is 10.6. The maximum atomic E-state index is 12.3. The average molecular weight is 320 g/mol. The summed E-state index contributed by atoms with van der Waals surface area (Å²) in [5.74, 6) is 0. The number of benzene rings is 2. The number of hydrogen-bond acceptors (Lipinski definition) is 3. The van der Waals surface area contributed by atoms with Crippen LogP contribution in [0.3, 0.4) is 0 Å². The molecular weight excluding hydrogens is 296 g/mol. The fourth-order valence-electron chi connectivity index (χ4n) is 2.42. The zero-order chi connectivity index (χ0) is 15.8. The van der Waals surface area contributed by atoms with Gasteiger partial charge in [-0.3, -0.25) is 0 Å². The summed E-state index contributed by atoms with van der Waals surface area (Å²) in [4.78, 5) is 0.328. The largest absolute Gasteiger partial charge is 0.330 e. The van der Waals surface area contributed by atoms with Gasteiger partial charge < -0.3 is 5.73 Å². The molecule has 0 saturated carbocycles. The van der Waals surface area contributed by atoms with Gasteiger partial charge in [-0.25, -0.2) is 13.1 Å². The number of nitrogens with two attached hydrogens (primary N) is 1. The lowest BCUT2D eigenvalue weighted by molar-refractivity contribution is 0.569. The summed E-state index contributed by atoms with van der Waals surface area (Å²) in [6.07, 6.45) is 5.16. The van der Waals surface area contributed by atoms with Crippen molar-refractivity contribution in [2.45, 2.75) is 37.0 Å². The predicted octanol–water partition coefficient (Wildman–Crippen LogP) is 3.03. The SMILES string of the molecule is NCCCCCCCNS(=O)(=O)c1ccc2ccccc2c1. The van der Waals surface area contributed by atoms with E-state index >= 15 is 0 Å². The molecule has 3 N–H and O–H groups in total. The minimum absolute atomic E-state index is 0.328. The molecule has 0 aliphatic rings. The molecule has 22 heavy (non-hydrogen) atoms. The van der Waals surface area contributed by atoms with Crippen molar-refractivity contribution in [2.24, 2.45) is 5.73 Å². The van der Waals surface area contributed by atoms with Gasteiger partial charge in [-0.2, -0.15) is 0 Å². The molecule has 0 aliphatic heterocycles. The third kappa shape index (κ3) is 4.80. The summed E-state index contributed by atoms with van der Waals surface area (Å²) in [7, 11) is -3.42. The molecule has 0 radical (unpaired) electrons. The molecule has 2 aromatic carbocycles. The molecule has 2 aromatic rings. The van der Waals surface area contributed by atoms with Crippen LogP contribution in [-0.2, 0) is 10.0 Å². The molecule has 0 aliphatic carbocycles. The van der Waals surface area contributed by atoms with Gasteiger partial charge in [0.2, 0.25) is 10.0 Å². The molecule has 4 nitrogen and oxygen atoms in total. The van der Waals surface area contributed by atoms with Crippen LogP contribution in [0, 0.1) is 0 Å².